The SMILES string of the molecule is CC(C)CC[C@]1(C2CCNCC2)NC(=O)N(Cc2ccoc2)C1=O. The normalized spacial score (nSPS) is 25.5. The Balaban J connectivity index is 1.84. The molecule has 1 aromatic rings. The first-order valence-electron chi connectivity index (χ1n) is 8.89. The van der Waals surface area contributed by atoms with Crippen LogP contribution in [0.25, 0.3) is 0 Å². The van der Waals surface area contributed by atoms with E-state index < -0.39 is 5.54 Å². The van der Waals surface area contributed by atoms with Gasteiger partial charge in [0.05, 0.1) is 19.1 Å². The number of rotatable bonds is 6. The Morgan fingerprint density at radius 2 is 2.08 bits per heavy atom. The maximum atomic E-state index is 13.3. The molecule has 0 spiro atoms. The Labute approximate surface area is 143 Å². The summed E-state index contributed by atoms with van der Waals surface area (Å²) in [5, 5.41) is 6.43. The number of furan rings is 1. The summed E-state index contributed by atoms with van der Waals surface area (Å²) in [5.41, 5.74) is 0.0937. The molecule has 6 nitrogen and oxygen atoms in total. The zero-order valence-corrected chi connectivity index (χ0v) is 14.5. The molecule has 3 amide bonds. The molecule has 2 aliphatic rings. The first-order valence-corrected chi connectivity index (χ1v) is 8.89. The number of hydrogen-bond donors (Lipinski definition) is 2. The van der Waals surface area contributed by atoms with Crippen molar-refractivity contribution in [3.63, 3.8) is 0 Å². The summed E-state index contributed by atoms with van der Waals surface area (Å²) in [6.45, 7) is 6.38. The first-order chi connectivity index (χ1) is 11.5. The van der Waals surface area contributed by atoms with Crippen molar-refractivity contribution in [3.05, 3.63) is 24.2 Å². The molecule has 6 heteroatoms. The zero-order chi connectivity index (χ0) is 17.2. The predicted octanol–water partition coefficient (Wildman–Crippen LogP) is 2.51. The van der Waals surface area contributed by atoms with Gasteiger partial charge in [-0.3, -0.25) is 9.69 Å². The second-order valence-corrected chi connectivity index (χ2v) is 7.38. The van der Waals surface area contributed by atoms with Crippen LogP contribution in [0.2, 0.25) is 0 Å². The van der Waals surface area contributed by atoms with Gasteiger partial charge in [-0.2, -0.15) is 0 Å². The van der Waals surface area contributed by atoms with Crippen molar-refractivity contribution in [2.75, 3.05) is 13.1 Å². The van der Waals surface area contributed by atoms with Crippen LogP contribution in [0, 0.1) is 11.8 Å². The molecule has 0 radical (unpaired) electrons. The quantitative estimate of drug-likeness (QED) is 0.785. The first kappa shape index (κ1) is 17.0. The van der Waals surface area contributed by atoms with Crippen LogP contribution in [0.3, 0.4) is 0 Å². The van der Waals surface area contributed by atoms with E-state index in [1.165, 1.54) is 4.90 Å². The predicted molar refractivity (Wildman–Crippen MR) is 90.2 cm³/mol. The van der Waals surface area contributed by atoms with Gasteiger partial charge in [-0.1, -0.05) is 13.8 Å². The molecule has 2 fully saturated rings. The third-order valence-electron chi connectivity index (χ3n) is 5.27. The highest BCUT2D eigenvalue weighted by Gasteiger charge is 2.55. The molecule has 3 heterocycles. The summed E-state index contributed by atoms with van der Waals surface area (Å²) in [6.07, 6.45) is 6.62. The van der Waals surface area contributed by atoms with E-state index in [-0.39, 0.29) is 24.4 Å². The van der Waals surface area contributed by atoms with Gasteiger partial charge < -0.3 is 15.1 Å². The molecule has 0 unspecified atom stereocenters. The molecule has 0 saturated carbocycles. The van der Waals surface area contributed by atoms with Crippen molar-refractivity contribution in [2.24, 2.45) is 11.8 Å². The summed E-state index contributed by atoms with van der Waals surface area (Å²) in [4.78, 5) is 27.2. The van der Waals surface area contributed by atoms with E-state index in [1.54, 1.807) is 18.6 Å². The average molecular weight is 333 g/mol. The number of urea groups is 1. The van der Waals surface area contributed by atoms with Gasteiger partial charge in [-0.25, -0.2) is 4.79 Å². The maximum absolute atomic E-state index is 13.3. The van der Waals surface area contributed by atoms with Crippen LogP contribution in [0.4, 0.5) is 4.79 Å². The number of hydrogen-bond acceptors (Lipinski definition) is 4. The minimum atomic E-state index is -0.743. The summed E-state index contributed by atoms with van der Waals surface area (Å²) < 4.78 is 5.06. The van der Waals surface area contributed by atoms with Gasteiger partial charge in [0, 0.05) is 5.56 Å². The van der Waals surface area contributed by atoms with Crippen molar-refractivity contribution in [2.45, 2.75) is 51.6 Å². The van der Waals surface area contributed by atoms with E-state index in [2.05, 4.69) is 24.5 Å². The van der Waals surface area contributed by atoms with Crippen molar-refractivity contribution < 1.29 is 14.0 Å². The molecular weight excluding hydrogens is 306 g/mol. The molecule has 2 aliphatic heterocycles. The van der Waals surface area contributed by atoms with Crippen LogP contribution in [0.5, 0.6) is 0 Å². The van der Waals surface area contributed by atoms with Crippen LogP contribution in [0.1, 0.15) is 45.1 Å². The molecule has 132 valence electrons. The molecular formula is C18H27N3O3. The van der Waals surface area contributed by atoms with E-state index in [0.717, 1.165) is 37.9 Å². The van der Waals surface area contributed by atoms with E-state index in [0.29, 0.717) is 12.3 Å². The number of amides is 3. The molecule has 24 heavy (non-hydrogen) atoms. The Kier molecular flexibility index (Phi) is 4.94. The molecule has 2 N–H and O–H groups in total. The minimum absolute atomic E-state index is 0.0683. The highest BCUT2D eigenvalue weighted by molar-refractivity contribution is 6.07. The van der Waals surface area contributed by atoms with Crippen molar-refractivity contribution in [3.8, 4) is 0 Å². The Bertz CT molecular complexity index is 578. The lowest BCUT2D eigenvalue weighted by Gasteiger charge is -2.38. The standard InChI is InChI=1S/C18H27N3O3/c1-13(2)3-7-18(15-4-8-19-9-5-15)16(22)21(17(23)20-18)11-14-6-10-24-12-14/h6,10,12-13,15,19H,3-5,7-9,11H2,1-2H3,(H,20,23)/t18-/m1/s1. The van der Waals surface area contributed by atoms with E-state index in [9.17, 15) is 9.59 Å². The molecule has 1 aromatic heterocycles. The van der Waals surface area contributed by atoms with E-state index in [1.807, 2.05) is 0 Å². The minimum Gasteiger partial charge on any atom is -0.472 e. The highest BCUT2D eigenvalue weighted by Crippen LogP contribution is 2.37. The molecule has 3 rings (SSSR count). The lowest BCUT2D eigenvalue weighted by atomic mass is 9.74. The van der Waals surface area contributed by atoms with Crippen LogP contribution in [-0.2, 0) is 11.3 Å². The second-order valence-electron chi connectivity index (χ2n) is 7.38. The number of carbonyl (C=O) groups is 2. The summed E-state index contributed by atoms with van der Waals surface area (Å²) in [5.74, 6) is 0.626. The van der Waals surface area contributed by atoms with Gasteiger partial charge in [0.2, 0.25) is 0 Å². The van der Waals surface area contributed by atoms with Gasteiger partial charge in [0.25, 0.3) is 5.91 Å². The van der Waals surface area contributed by atoms with Gasteiger partial charge >= 0.3 is 6.03 Å². The zero-order valence-electron chi connectivity index (χ0n) is 14.5. The van der Waals surface area contributed by atoms with Gasteiger partial charge in [-0.05, 0) is 56.7 Å². The smallest absolute Gasteiger partial charge is 0.325 e. The van der Waals surface area contributed by atoms with E-state index in [4.69, 9.17) is 4.42 Å². The number of imide groups is 1. The summed E-state index contributed by atoms with van der Waals surface area (Å²) in [7, 11) is 0. The van der Waals surface area contributed by atoms with Crippen molar-refractivity contribution in [1.29, 1.82) is 0 Å². The Morgan fingerprint density at radius 3 is 2.71 bits per heavy atom. The van der Waals surface area contributed by atoms with Crippen LogP contribution in [-0.4, -0.2) is 35.5 Å². The Morgan fingerprint density at radius 1 is 1.33 bits per heavy atom. The van der Waals surface area contributed by atoms with Crippen LogP contribution >= 0.6 is 0 Å². The fourth-order valence-electron chi connectivity index (χ4n) is 3.83. The summed E-state index contributed by atoms with van der Waals surface area (Å²) >= 11 is 0. The van der Waals surface area contributed by atoms with Crippen LogP contribution in [0.15, 0.2) is 23.0 Å². The van der Waals surface area contributed by atoms with Gasteiger partial charge in [0.15, 0.2) is 0 Å². The average Bonchev–Trinajstić information content (AvgIpc) is 3.17. The number of nitrogens with zero attached hydrogens (tertiary/aromatic N) is 1. The Hall–Kier alpha value is -1.82. The largest absolute Gasteiger partial charge is 0.472 e. The topological polar surface area (TPSA) is 74.6 Å². The maximum Gasteiger partial charge on any atom is 0.325 e. The molecule has 0 bridgehead atoms. The molecule has 0 aliphatic carbocycles. The van der Waals surface area contributed by atoms with Gasteiger partial charge in [-0.15, -0.1) is 0 Å². The molecule has 2 saturated heterocycles. The van der Waals surface area contributed by atoms with Crippen molar-refractivity contribution in [1.82, 2.24) is 15.5 Å². The molecule has 1 atom stereocenters. The van der Waals surface area contributed by atoms with E-state index >= 15 is 0 Å². The number of nitrogens with one attached hydrogen (secondary N) is 2. The fourth-order valence-corrected chi connectivity index (χ4v) is 3.83. The van der Waals surface area contributed by atoms with Gasteiger partial charge in [0.1, 0.15) is 5.54 Å². The lowest BCUT2D eigenvalue weighted by molar-refractivity contribution is -0.134. The summed E-state index contributed by atoms with van der Waals surface area (Å²) in [6, 6.07) is 1.52. The monoisotopic (exact) mass is 333 g/mol. The number of piperidine rings is 1. The second kappa shape index (κ2) is 6.97. The highest BCUT2D eigenvalue weighted by atomic mass is 16.3. The van der Waals surface area contributed by atoms with Crippen LogP contribution < -0.4 is 10.6 Å². The third kappa shape index (κ3) is 3.20. The third-order valence-corrected chi connectivity index (χ3v) is 5.27. The number of carbonyl (C=O) groups excluding carboxylic acids is 2. The molecule has 0 aromatic carbocycles. The lowest BCUT2D eigenvalue weighted by Crippen LogP contribution is -2.55. The fraction of sp³-hybridized carbons (Fsp3) is 0.667. The van der Waals surface area contributed by atoms with Crippen molar-refractivity contribution >= 4 is 11.9 Å².